The second-order valence-corrected chi connectivity index (χ2v) is 14.9. The third-order valence-electron chi connectivity index (χ3n) is 11.1. The molecule has 0 bridgehead atoms. The molecule has 55 heavy (non-hydrogen) atoms. The van der Waals surface area contributed by atoms with Crippen LogP contribution in [0.3, 0.4) is 0 Å². The molecule has 0 spiro atoms. The molecule has 0 unspecified atom stereocenters. The zero-order valence-electron chi connectivity index (χ0n) is 31.3. The van der Waals surface area contributed by atoms with Crippen molar-refractivity contribution < 1.29 is 0 Å². The third kappa shape index (κ3) is 5.66. The highest BCUT2D eigenvalue weighted by Gasteiger charge is 2.17. The second-order valence-electron chi connectivity index (χ2n) is 14.9. The summed E-state index contributed by atoms with van der Waals surface area (Å²) in [6.45, 7) is 6.48. The number of para-hydroxylation sites is 2. The predicted octanol–water partition coefficient (Wildman–Crippen LogP) is 14.3. The zero-order chi connectivity index (χ0) is 37.0. The summed E-state index contributed by atoms with van der Waals surface area (Å²) in [7, 11) is 0. The van der Waals surface area contributed by atoms with Crippen LogP contribution in [0.1, 0.15) is 27.8 Å². The van der Waals surface area contributed by atoms with Crippen LogP contribution in [0.25, 0.3) is 89.4 Å². The van der Waals surface area contributed by atoms with Gasteiger partial charge in [0.2, 0.25) is 0 Å². The molecule has 8 aromatic carbocycles. The van der Waals surface area contributed by atoms with Crippen LogP contribution in [-0.4, -0.2) is 9.13 Å². The van der Waals surface area contributed by atoms with Crippen molar-refractivity contribution in [1.82, 2.24) is 9.13 Å². The van der Waals surface area contributed by atoms with E-state index in [0.29, 0.717) is 0 Å². The van der Waals surface area contributed by atoms with Crippen molar-refractivity contribution in [2.45, 2.75) is 20.8 Å². The molecule has 0 amide bonds. The van der Waals surface area contributed by atoms with Crippen LogP contribution < -0.4 is 0 Å². The molecule has 2 aromatic heterocycles. The normalized spacial score (nSPS) is 11.8. The second kappa shape index (κ2) is 13.2. The van der Waals surface area contributed by atoms with Crippen molar-refractivity contribution in [1.29, 1.82) is 0 Å². The van der Waals surface area contributed by atoms with Crippen molar-refractivity contribution in [2.75, 3.05) is 0 Å². The predicted molar refractivity (Wildman–Crippen MR) is 236 cm³/mol. The van der Waals surface area contributed by atoms with Crippen LogP contribution in [0.5, 0.6) is 0 Å². The van der Waals surface area contributed by atoms with Gasteiger partial charge < -0.3 is 9.13 Å². The highest BCUT2D eigenvalue weighted by molar-refractivity contribution is 6.11. The third-order valence-corrected chi connectivity index (χ3v) is 11.1. The first-order chi connectivity index (χ1) is 27.0. The Labute approximate surface area is 321 Å². The van der Waals surface area contributed by atoms with Crippen LogP contribution >= 0.6 is 0 Å². The lowest BCUT2D eigenvalue weighted by molar-refractivity contribution is 1.17. The monoisotopic (exact) mass is 704 g/mol. The minimum atomic E-state index is 1.16. The van der Waals surface area contributed by atoms with Crippen LogP contribution in [0.4, 0.5) is 0 Å². The number of nitrogens with zero attached hydrogens (tertiary/aromatic N) is 2. The van der Waals surface area contributed by atoms with Crippen molar-refractivity contribution in [3.05, 3.63) is 204 Å². The van der Waals surface area contributed by atoms with Gasteiger partial charge in [0.15, 0.2) is 0 Å². The molecule has 10 rings (SSSR count). The number of aryl methyl sites for hydroxylation is 3. The number of fused-ring (bicyclic) bond motifs is 6. The maximum Gasteiger partial charge on any atom is 0.0541 e. The van der Waals surface area contributed by atoms with Gasteiger partial charge in [0, 0.05) is 32.8 Å². The molecule has 0 saturated carbocycles. The Morgan fingerprint density at radius 2 is 0.909 bits per heavy atom. The summed E-state index contributed by atoms with van der Waals surface area (Å²) in [6.07, 6.45) is 4.48. The maximum atomic E-state index is 2.43. The van der Waals surface area contributed by atoms with E-state index in [1.807, 2.05) is 0 Å². The summed E-state index contributed by atoms with van der Waals surface area (Å²) in [5.41, 5.74) is 18.3. The number of hydrogen-bond donors (Lipinski definition) is 0. The lowest BCUT2D eigenvalue weighted by Gasteiger charge is -2.14. The van der Waals surface area contributed by atoms with Gasteiger partial charge in [-0.05, 0) is 109 Å². The van der Waals surface area contributed by atoms with E-state index in [9.17, 15) is 0 Å². The highest BCUT2D eigenvalue weighted by Crippen LogP contribution is 2.38. The van der Waals surface area contributed by atoms with Gasteiger partial charge in [-0.1, -0.05) is 144 Å². The summed E-state index contributed by atoms with van der Waals surface area (Å²) in [5, 5.41) is 5.11. The SMILES string of the molecule is Cc1ccc(-n2c3ccccc3c3cc(-c4ccccc4/C=C/c4ccc(-c5ccccc5-n5c6ccc(C)cc6c6cc(C)ccc65)cc4)ccc32)cc1. The minimum Gasteiger partial charge on any atom is -0.309 e. The largest absolute Gasteiger partial charge is 0.309 e. The lowest BCUT2D eigenvalue weighted by Crippen LogP contribution is -1.97. The maximum absolute atomic E-state index is 2.43. The summed E-state index contributed by atoms with van der Waals surface area (Å²) >= 11 is 0. The van der Waals surface area contributed by atoms with E-state index in [4.69, 9.17) is 0 Å². The number of aromatic nitrogens is 2. The minimum absolute atomic E-state index is 1.16. The van der Waals surface area contributed by atoms with Gasteiger partial charge >= 0.3 is 0 Å². The fourth-order valence-corrected chi connectivity index (χ4v) is 8.40. The fourth-order valence-electron chi connectivity index (χ4n) is 8.40. The molecule has 2 heteroatoms. The van der Waals surface area contributed by atoms with Crippen LogP contribution in [0.2, 0.25) is 0 Å². The van der Waals surface area contributed by atoms with E-state index in [0.717, 1.165) is 5.56 Å². The molecular formula is C53H40N2. The van der Waals surface area contributed by atoms with Gasteiger partial charge in [-0.25, -0.2) is 0 Å². The molecule has 2 nitrogen and oxygen atoms in total. The molecule has 0 aliphatic heterocycles. The molecule has 0 saturated heterocycles. The van der Waals surface area contributed by atoms with Crippen molar-refractivity contribution in [2.24, 2.45) is 0 Å². The number of benzene rings is 8. The standard InChI is InChI=1S/C53H40N2/c1-35-16-27-42(28-17-35)54-50-15-9-7-13-45(50)48-34-41(26-31-51(48)54)43-11-5-4-10-39(43)23-20-38-21-24-40(25-22-38)44-12-6-8-14-49(44)55-52-29-18-36(2)32-46(52)47-33-37(3)19-30-53(47)55/h4-34H,1-3H3/b23-20+. The van der Waals surface area contributed by atoms with E-state index in [-0.39, 0.29) is 0 Å². The molecule has 2 heterocycles. The molecule has 262 valence electrons. The van der Waals surface area contributed by atoms with Gasteiger partial charge in [-0.2, -0.15) is 0 Å². The first-order valence-corrected chi connectivity index (χ1v) is 19.1. The Morgan fingerprint density at radius 3 is 1.65 bits per heavy atom. The van der Waals surface area contributed by atoms with E-state index >= 15 is 0 Å². The first kappa shape index (κ1) is 32.7. The molecule has 0 atom stereocenters. The topological polar surface area (TPSA) is 9.86 Å². The summed E-state index contributed by atoms with van der Waals surface area (Å²) in [6, 6.07) is 64.5. The number of hydrogen-bond acceptors (Lipinski definition) is 0. The van der Waals surface area contributed by atoms with Gasteiger partial charge in [-0.15, -0.1) is 0 Å². The van der Waals surface area contributed by atoms with Crippen LogP contribution in [0.15, 0.2) is 176 Å². The number of rotatable bonds is 6. The van der Waals surface area contributed by atoms with E-state index in [1.54, 1.807) is 0 Å². The summed E-state index contributed by atoms with van der Waals surface area (Å²) < 4.78 is 4.81. The average molecular weight is 705 g/mol. The Morgan fingerprint density at radius 1 is 0.364 bits per heavy atom. The van der Waals surface area contributed by atoms with Crippen molar-refractivity contribution in [3.63, 3.8) is 0 Å². The molecule has 0 aliphatic rings. The van der Waals surface area contributed by atoms with E-state index < -0.39 is 0 Å². The van der Waals surface area contributed by atoms with Gasteiger partial charge in [0.1, 0.15) is 0 Å². The molecule has 0 fully saturated rings. The van der Waals surface area contributed by atoms with Gasteiger partial charge in [-0.3, -0.25) is 0 Å². The molecule has 0 radical (unpaired) electrons. The van der Waals surface area contributed by atoms with Crippen molar-refractivity contribution >= 4 is 55.8 Å². The van der Waals surface area contributed by atoms with Crippen molar-refractivity contribution in [3.8, 4) is 33.6 Å². The van der Waals surface area contributed by atoms with E-state index in [2.05, 4.69) is 218 Å². The molecule has 10 aromatic rings. The molecular weight excluding hydrogens is 665 g/mol. The zero-order valence-corrected chi connectivity index (χ0v) is 31.3. The lowest BCUT2D eigenvalue weighted by atomic mass is 9.97. The van der Waals surface area contributed by atoms with Gasteiger partial charge in [0.05, 0.1) is 27.8 Å². The summed E-state index contributed by atoms with van der Waals surface area (Å²) in [5.74, 6) is 0. The quantitative estimate of drug-likeness (QED) is 0.153. The summed E-state index contributed by atoms with van der Waals surface area (Å²) in [4.78, 5) is 0. The first-order valence-electron chi connectivity index (χ1n) is 19.1. The van der Waals surface area contributed by atoms with Gasteiger partial charge in [0.25, 0.3) is 0 Å². The fraction of sp³-hybridized carbons (Fsp3) is 0.0566. The van der Waals surface area contributed by atoms with E-state index in [1.165, 1.54) is 99.5 Å². The smallest absolute Gasteiger partial charge is 0.0541 e. The Bertz CT molecular complexity index is 3040. The average Bonchev–Trinajstić information content (AvgIpc) is 3.72. The molecule has 0 aliphatic carbocycles. The highest BCUT2D eigenvalue weighted by atomic mass is 15.0. The van der Waals surface area contributed by atoms with Crippen LogP contribution in [0, 0.1) is 20.8 Å². The Hall–Kier alpha value is -6.90. The Balaban J connectivity index is 0.995. The molecule has 0 N–H and O–H groups in total. The van der Waals surface area contributed by atoms with Crippen LogP contribution in [-0.2, 0) is 0 Å². The Kier molecular flexibility index (Phi) is 7.85.